The Balaban J connectivity index is 2.54. The Hall–Kier alpha value is -1.86. The average molecular weight is 273 g/mol. The van der Waals surface area contributed by atoms with Gasteiger partial charge in [-0.15, -0.1) is 0 Å². The second kappa shape index (κ2) is 7.06. The molecule has 0 aliphatic carbocycles. The number of carbonyl (C=O) groups excluding carboxylic acids is 1. The molecule has 1 atom stereocenters. The van der Waals surface area contributed by atoms with Gasteiger partial charge in [-0.05, 0) is 51.3 Å². The van der Waals surface area contributed by atoms with Crippen LogP contribution in [0.2, 0.25) is 0 Å². The van der Waals surface area contributed by atoms with Crippen LogP contribution in [0.1, 0.15) is 45.6 Å². The average Bonchev–Trinajstić information content (AvgIpc) is 2.39. The fourth-order valence-electron chi connectivity index (χ4n) is 1.84. The fourth-order valence-corrected chi connectivity index (χ4v) is 1.84. The van der Waals surface area contributed by atoms with Crippen LogP contribution < -0.4 is 11.1 Å². The zero-order valence-electron chi connectivity index (χ0n) is 12.4. The molecular weight excluding hydrogens is 250 g/mol. The Morgan fingerprint density at radius 1 is 1.40 bits per heavy atom. The highest BCUT2D eigenvalue weighted by Gasteiger charge is 2.19. The van der Waals surface area contributed by atoms with E-state index in [4.69, 9.17) is 11.0 Å². The first kappa shape index (κ1) is 16.2. The maximum absolute atomic E-state index is 11.7. The first-order valence-corrected chi connectivity index (χ1v) is 6.92. The summed E-state index contributed by atoms with van der Waals surface area (Å²) in [5.74, 6) is -0.00190. The third-order valence-electron chi connectivity index (χ3n) is 3.23. The third kappa shape index (κ3) is 5.02. The van der Waals surface area contributed by atoms with Crippen molar-refractivity contribution in [1.82, 2.24) is 0 Å². The maximum atomic E-state index is 11.7. The van der Waals surface area contributed by atoms with Crippen molar-refractivity contribution < 1.29 is 4.79 Å². The highest BCUT2D eigenvalue weighted by atomic mass is 16.1. The molecule has 1 aromatic rings. The normalized spacial score (nSPS) is 12.6. The lowest BCUT2D eigenvalue weighted by Gasteiger charge is -2.16. The van der Waals surface area contributed by atoms with E-state index in [1.165, 1.54) is 0 Å². The van der Waals surface area contributed by atoms with Crippen LogP contribution in [0.3, 0.4) is 0 Å². The number of anilines is 1. The molecule has 0 radical (unpaired) electrons. The van der Waals surface area contributed by atoms with Crippen molar-refractivity contribution in [3.05, 3.63) is 29.8 Å². The SMILES string of the molecule is CC(N)CCCC(=O)Nc1ccc(C(C)(C)C#N)cc1. The zero-order chi connectivity index (χ0) is 15.2. The molecule has 0 spiro atoms. The van der Waals surface area contributed by atoms with Crippen molar-refractivity contribution in [2.45, 2.75) is 51.5 Å². The smallest absolute Gasteiger partial charge is 0.224 e. The van der Waals surface area contributed by atoms with Gasteiger partial charge < -0.3 is 11.1 Å². The van der Waals surface area contributed by atoms with Crippen LogP contribution in [0.5, 0.6) is 0 Å². The number of benzene rings is 1. The van der Waals surface area contributed by atoms with E-state index in [2.05, 4.69) is 11.4 Å². The number of hydrogen-bond acceptors (Lipinski definition) is 3. The molecule has 0 aliphatic heterocycles. The molecule has 4 nitrogen and oxygen atoms in total. The van der Waals surface area contributed by atoms with Crippen LogP contribution in [-0.4, -0.2) is 11.9 Å². The summed E-state index contributed by atoms with van der Waals surface area (Å²) in [6.07, 6.45) is 2.12. The Labute approximate surface area is 121 Å². The largest absolute Gasteiger partial charge is 0.328 e. The molecule has 1 rings (SSSR count). The number of hydrogen-bond donors (Lipinski definition) is 2. The van der Waals surface area contributed by atoms with E-state index >= 15 is 0 Å². The van der Waals surface area contributed by atoms with Gasteiger partial charge >= 0.3 is 0 Å². The molecular formula is C16H23N3O. The van der Waals surface area contributed by atoms with Crippen molar-refractivity contribution in [3.63, 3.8) is 0 Å². The minimum atomic E-state index is -0.514. The van der Waals surface area contributed by atoms with Gasteiger partial charge in [-0.25, -0.2) is 0 Å². The van der Waals surface area contributed by atoms with Gasteiger partial charge in [-0.1, -0.05) is 12.1 Å². The summed E-state index contributed by atoms with van der Waals surface area (Å²) in [6.45, 7) is 5.68. The monoisotopic (exact) mass is 273 g/mol. The standard InChI is InChI=1S/C16H23N3O/c1-12(18)5-4-6-15(20)19-14-9-7-13(8-10-14)16(2,3)11-17/h7-10,12H,4-6,18H2,1-3H3,(H,19,20). The van der Waals surface area contributed by atoms with E-state index in [1.54, 1.807) is 0 Å². The van der Waals surface area contributed by atoms with Gasteiger partial charge in [-0.3, -0.25) is 4.79 Å². The number of nitrogens with zero attached hydrogens (tertiary/aromatic N) is 1. The van der Waals surface area contributed by atoms with E-state index in [-0.39, 0.29) is 11.9 Å². The molecule has 0 saturated carbocycles. The zero-order valence-corrected chi connectivity index (χ0v) is 12.4. The van der Waals surface area contributed by atoms with Crippen LogP contribution in [0.15, 0.2) is 24.3 Å². The van der Waals surface area contributed by atoms with Gasteiger partial charge in [0.1, 0.15) is 0 Å². The summed E-state index contributed by atoms with van der Waals surface area (Å²) in [5.41, 5.74) is 6.83. The first-order valence-electron chi connectivity index (χ1n) is 6.92. The fraction of sp³-hybridized carbons (Fsp3) is 0.500. The van der Waals surface area contributed by atoms with E-state index in [1.807, 2.05) is 45.0 Å². The number of nitriles is 1. The summed E-state index contributed by atoms with van der Waals surface area (Å²) in [5, 5.41) is 11.9. The number of carbonyl (C=O) groups is 1. The highest BCUT2D eigenvalue weighted by molar-refractivity contribution is 5.90. The molecule has 20 heavy (non-hydrogen) atoms. The second-order valence-corrected chi connectivity index (χ2v) is 5.73. The predicted octanol–water partition coefficient (Wildman–Crippen LogP) is 2.94. The lowest BCUT2D eigenvalue weighted by atomic mass is 9.86. The summed E-state index contributed by atoms with van der Waals surface area (Å²) in [4.78, 5) is 11.7. The Bertz CT molecular complexity index is 483. The molecule has 0 saturated heterocycles. The molecule has 0 aliphatic rings. The summed E-state index contributed by atoms with van der Waals surface area (Å²) in [7, 11) is 0. The molecule has 4 heteroatoms. The third-order valence-corrected chi connectivity index (χ3v) is 3.23. The number of amides is 1. The van der Waals surface area contributed by atoms with E-state index in [9.17, 15) is 4.79 Å². The van der Waals surface area contributed by atoms with Crippen LogP contribution in [-0.2, 0) is 10.2 Å². The van der Waals surface area contributed by atoms with Gasteiger partial charge in [-0.2, -0.15) is 5.26 Å². The predicted molar refractivity (Wildman–Crippen MR) is 81.2 cm³/mol. The van der Waals surface area contributed by atoms with Crippen LogP contribution in [0.25, 0.3) is 0 Å². The first-order chi connectivity index (χ1) is 9.35. The number of rotatable bonds is 6. The van der Waals surface area contributed by atoms with Gasteiger partial charge in [0.15, 0.2) is 0 Å². The van der Waals surface area contributed by atoms with Crippen molar-refractivity contribution in [2.24, 2.45) is 5.73 Å². The number of nitrogens with one attached hydrogen (secondary N) is 1. The van der Waals surface area contributed by atoms with E-state index < -0.39 is 5.41 Å². The van der Waals surface area contributed by atoms with Crippen molar-refractivity contribution in [2.75, 3.05) is 5.32 Å². The highest BCUT2D eigenvalue weighted by Crippen LogP contribution is 2.23. The topological polar surface area (TPSA) is 78.9 Å². The van der Waals surface area contributed by atoms with Gasteiger partial charge in [0.2, 0.25) is 5.91 Å². The maximum Gasteiger partial charge on any atom is 0.224 e. The van der Waals surface area contributed by atoms with Crippen LogP contribution in [0.4, 0.5) is 5.69 Å². The minimum Gasteiger partial charge on any atom is -0.328 e. The minimum absolute atomic E-state index is 0.00190. The van der Waals surface area contributed by atoms with Gasteiger partial charge in [0, 0.05) is 18.2 Å². The van der Waals surface area contributed by atoms with Crippen LogP contribution in [0, 0.1) is 11.3 Å². The van der Waals surface area contributed by atoms with E-state index in [0.717, 1.165) is 24.1 Å². The molecule has 1 aromatic carbocycles. The van der Waals surface area contributed by atoms with Crippen molar-refractivity contribution in [3.8, 4) is 6.07 Å². The Morgan fingerprint density at radius 3 is 2.50 bits per heavy atom. The molecule has 0 heterocycles. The molecule has 108 valence electrons. The number of nitrogens with two attached hydrogens (primary N) is 1. The van der Waals surface area contributed by atoms with E-state index in [0.29, 0.717) is 6.42 Å². The molecule has 0 fully saturated rings. The molecule has 1 unspecified atom stereocenters. The van der Waals surface area contributed by atoms with Crippen molar-refractivity contribution >= 4 is 11.6 Å². The Morgan fingerprint density at radius 2 is 2.00 bits per heavy atom. The lowest BCUT2D eigenvalue weighted by Crippen LogP contribution is -2.17. The van der Waals surface area contributed by atoms with Crippen molar-refractivity contribution in [1.29, 1.82) is 5.26 Å². The molecule has 0 aromatic heterocycles. The molecule has 3 N–H and O–H groups in total. The summed E-state index contributed by atoms with van der Waals surface area (Å²) >= 11 is 0. The molecule has 0 bridgehead atoms. The van der Waals surface area contributed by atoms with Crippen LogP contribution >= 0.6 is 0 Å². The second-order valence-electron chi connectivity index (χ2n) is 5.73. The van der Waals surface area contributed by atoms with Gasteiger partial charge in [0.25, 0.3) is 0 Å². The quantitative estimate of drug-likeness (QED) is 0.836. The van der Waals surface area contributed by atoms with Gasteiger partial charge in [0.05, 0.1) is 11.5 Å². The molecule has 1 amide bonds. The summed E-state index contributed by atoms with van der Waals surface area (Å²) < 4.78 is 0. The lowest BCUT2D eigenvalue weighted by molar-refractivity contribution is -0.116. The summed E-state index contributed by atoms with van der Waals surface area (Å²) in [6, 6.07) is 9.81. The Kier molecular flexibility index (Phi) is 5.72.